The highest BCUT2D eigenvalue weighted by Crippen LogP contribution is 2.28. The van der Waals surface area contributed by atoms with Gasteiger partial charge in [0.1, 0.15) is 0 Å². The van der Waals surface area contributed by atoms with Gasteiger partial charge in [0, 0.05) is 32.7 Å². The molecule has 0 unspecified atom stereocenters. The maximum Gasteiger partial charge on any atom is 0.317 e. The van der Waals surface area contributed by atoms with E-state index in [-0.39, 0.29) is 5.12 Å². The van der Waals surface area contributed by atoms with E-state index in [0.717, 1.165) is 11.3 Å². The van der Waals surface area contributed by atoms with Gasteiger partial charge in [0.15, 0.2) is 0 Å². The van der Waals surface area contributed by atoms with Gasteiger partial charge < -0.3 is 0 Å². The van der Waals surface area contributed by atoms with Crippen molar-refractivity contribution in [1.29, 1.82) is 0 Å². The van der Waals surface area contributed by atoms with Gasteiger partial charge in [-0.2, -0.15) is 8.42 Å². The van der Waals surface area contributed by atoms with Crippen molar-refractivity contribution in [3.63, 3.8) is 0 Å². The topological polar surface area (TPSA) is 51.2 Å². The van der Waals surface area contributed by atoms with Crippen LogP contribution in [0.25, 0.3) is 0 Å². The van der Waals surface area contributed by atoms with Gasteiger partial charge in [-0.05, 0) is 5.56 Å². The molecule has 0 spiro atoms. The predicted molar refractivity (Wildman–Crippen MR) is 62.7 cm³/mol. The van der Waals surface area contributed by atoms with Crippen LogP contribution in [0.1, 0.15) is 15.9 Å². The molecule has 1 aromatic rings. The van der Waals surface area contributed by atoms with E-state index in [1.807, 2.05) is 24.3 Å². The first-order chi connectivity index (χ1) is 6.88. The zero-order valence-electron chi connectivity index (χ0n) is 7.31. The molecule has 15 heavy (non-hydrogen) atoms. The highest BCUT2D eigenvalue weighted by molar-refractivity contribution is 8.31. The van der Waals surface area contributed by atoms with Crippen LogP contribution >= 0.6 is 33.1 Å². The first kappa shape index (κ1) is 12.8. The van der Waals surface area contributed by atoms with Crippen LogP contribution in [0.5, 0.6) is 0 Å². The van der Waals surface area contributed by atoms with Gasteiger partial charge in [0.05, 0.1) is 0 Å². The van der Waals surface area contributed by atoms with Crippen molar-refractivity contribution >= 4 is 46.5 Å². The standard InChI is InChI=1S/C8H6OS.Cl2O2S/c9-8-7-4-2-1-3-6(7)5-10-8;1-5(2,3)4/h1-4H,5H2;. The molecule has 0 saturated heterocycles. The lowest BCUT2D eigenvalue weighted by molar-refractivity contribution is 0.109. The van der Waals surface area contributed by atoms with Crippen molar-refractivity contribution < 1.29 is 13.2 Å². The number of hydrogen-bond donors (Lipinski definition) is 0. The second kappa shape index (κ2) is 5.21. The first-order valence-corrected chi connectivity index (χ1v) is 7.89. The highest BCUT2D eigenvalue weighted by atomic mass is 36.0. The minimum atomic E-state index is -3.72. The van der Waals surface area contributed by atoms with E-state index in [2.05, 4.69) is 21.4 Å². The molecule has 0 radical (unpaired) electrons. The summed E-state index contributed by atoms with van der Waals surface area (Å²) in [7, 11) is 4.81. The molecule has 0 atom stereocenters. The number of fused-ring (bicyclic) bond motifs is 1. The van der Waals surface area contributed by atoms with Gasteiger partial charge in [0.2, 0.25) is 5.12 Å². The lowest BCUT2D eigenvalue weighted by atomic mass is 10.1. The summed E-state index contributed by atoms with van der Waals surface area (Å²) in [4.78, 5) is 11.0. The Hall–Kier alpha value is -0.230. The molecule has 7 heteroatoms. The Labute approximate surface area is 101 Å². The molecule has 1 aromatic carbocycles. The van der Waals surface area contributed by atoms with Crippen LogP contribution in [0.4, 0.5) is 0 Å². The largest absolute Gasteiger partial charge is 0.317 e. The fraction of sp³-hybridized carbons (Fsp3) is 0.125. The molecule has 0 amide bonds. The van der Waals surface area contributed by atoms with E-state index < -0.39 is 8.26 Å². The molecule has 1 heterocycles. The van der Waals surface area contributed by atoms with E-state index in [1.54, 1.807) is 0 Å². The third-order valence-electron chi connectivity index (χ3n) is 1.60. The molecule has 2 rings (SSSR count). The Morgan fingerprint density at radius 1 is 1.20 bits per heavy atom. The smallest absolute Gasteiger partial charge is 0.282 e. The third kappa shape index (κ3) is 4.88. The van der Waals surface area contributed by atoms with Gasteiger partial charge >= 0.3 is 8.26 Å². The Balaban J connectivity index is 0.000000195. The molecule has 0 aliphatic carbocycles. The van der Waals surface area contributed by atoms with E-state index in [4.69, 9.17) is 8.42 Å². The fourth-order valence-electron chi connectivity index (χ4n) is 1.07. The molecule has 0 fully saturated rings. The van der Waals surface area contributed by atoms with Gasteiger partial charge in [-0.3, -0.25) is 4.79 Å². The second-order valence-electron chi connectivity index (χ2n) is 2.61. The van der Waals surface area contributed by atoms with Crippen molar-refractivity contribution in [3.05, 3.63) is 35.4 Å². The number of halogens is 2. The molecule has 1 aliphatic heterocycles. The molecule has 82 valence electrons. The van der Waals surface area contributed by atoms with E-state index in [0.29, 0.717) is 0 Å². The summed E-state index contributed by atoms with van der Waals surface area (Å²) in [5, 5.41) is 0.218. The molecule has 0 saturated carbocycles. The second-order valence-corrected chi connectivity index (χ2v) is 7.23. The summed E-state index contributed by atoms with van der Waals surface area (Å²) in [6.45, 7) is 0. The summed E-state index contributed by atoms with van der Waals surface area (Å²) in [6.07, 6.45) is 0. The van der Waals surface area contributed by atoms with Crippen LogP contribution < -0.4 is 0 Å². The molecular weight excluding hydrogens is 279 g/mol. The Bertz CT molecular complexity index is 463. The number of hydrogen-bond acceptors (Lipinski definition) is 4. The average molecular weight is 285 g/mol. The lowest BCUT2D eigenvalue weighted by Gasteiger charge is -1.90. The van der Waals surface area contributed by atoms with Crippen molar-refractivity contribution in [2.45, 2.75) is 5.75 Å². The Morgan fingerprint density at radius 2 is 1.73 bits per heavy atom. The average Bonchev–Trinajstić information content (AvgIpc) is 2.46. The molecule has 0 aromatic heterocycles. The highest BCUT2D eigenvalue weighted by Gasteiger charge is 2.18. The minimum absolute atomic E-state index is 0.218. The fourth-order valence-corrected chi connectivity index (χ4v) is 1.96. The van der Waals surface area contributed by atoms with Crippen molar-refractivity contribution in [2.75, 3.05) is 0 Å². The van der Waals surface area contributed by atoms with Gasteiger partial charge in [0.25, 0.3) is 0 Å². The van der Waals surface area contributed by atoms with E-state index >= 15 is 0 Å². The monoisotopic (exact) mass is 284 g/mol. The predicted octanol–water partition coefficient (Wildman–Crippen LogP) is 2.78. The number of carbonyl (C=O) groups excluding carboxylic acids is 1. The SMILES string of the molecule is O=C1SCc2ccccc21.O=S(=O)(Cl)Cl. The van der Waals surface area contributed by atoms with Crippen LogP contribution in [0.3, 0.4) is 0 Å². The van der Waals surface area contributed by atoms with Crippen LogP contribution in [0.15, 0.2) is 24.3 Å². The zero-order chi connectivity index (χ0) is 11.5. The quantitative estimate of drug-likeness (QED) is 0.688. The molecule has 0 bridgehead atoms. The van der Waals surface area contributed by atoms with Crippen molar-refractivity contribution in [3.8, 4) is 0 Å². The van der Waals surface area contributed by atoms with E-state index in [1.165, 1.54) is 17.3 Å². The third-order valence-corrected chi connectivity index (χ3v) is 2.53. The Morgan fingerprint density at radius 3 is 2.27 bits per heavy atom. The van der Waals surface area contributed by atoms with Crippen molar-refractivity contribution in [1.82, 2.24) is 0 Å². The van der Waals surface area contributed by atoms with Crippen LogP contribution in [0.2, 0.25) is 0 Å². The first-order valence-electron chi connectivity index (χ1n) is 3.77. The maximum absolute atomic E-state index is 11.0. The van der Waals surface area contributed by atoms with Gasteiger partial charge in [-0.25, -0.2) is 0 Å². The number of carbonyl (C=O) groups is 1. The van der Waals surface area contributed by atoms with Gasteiger partial charge in [-0.15, -0.1) is 0 Å². The molecule has 1 aliphatic rings. The molecule has 0 N–H and O–H groups in total. The maximum atomic E-state index is 11.0. The zero-order valence-corrected chi connectivity index (χ0v) is 10.5. The van der Waals surface area contributed by atoms with Crippen LogP contribution in [0, 0.1) is 0 Å². The normalized spacial score (nSPS) is 14.1. The van der Waals surface area contributed by atoms with E-state index in [9.17, 15) is 4.79 Å². The Kier molecular flexibility index (Phi) is 4.45. The number of rotatable bonds is 0. The number of benzene rings is 1. The summed E-state index contributed by atoms with van der Waals surface area (Å²) in [6, 6.07) is 7.77. The summed E-state index contributed by atoms with van der Waals surface area (Å²) < 4.78 is 18.3. The minimum Gasteiger partial charge on any atom is -0.282 e. The molecular formula is C8H6Cl2O3S2. The van der Waals surface area contributed by atoms with Crippen LogP contribution in [-0.2, 0) is 14.0 Å². The lowest BCUT2D eigenvalue weighted by Crippen LogP contribution is -1.85. The summed E-state index contributed by atoms with van der Waals surface area (Å²) in [5.74, 6) is 0.856. The number of thioether (sulfide) groups is 1. The summed E-state index contributed by atoms with van der Waals surface area (Å²) >= 11 is 1.39. The summed E-state index contributed by atoms with van der Waals surface area (Å²) in [5.41, 5.74) is 2.07. The van der Waals surface area contributed by atoms with Crippen LogP contribution in [-0.4, -0.2) is 13.5 Å². The van der Waals surface area contributed by atoms with Gasteiger partial charge in [-0.1, -0.05) is 36.0 Å². The molecule has 3 nitrogen and oxygen atoms in total. The van der Waals surface area contributed by atoms with Crippen molar-refractivity contribution in [2.24, 2.45) is 0 Å².